The second-order valence-electron chi connectivity index (χ2n) is 6.56. The molecule has 0 spiro atoms. The van der Waals surface area contributed by atoms with Gasteiger partial charge in [-0.05, 0) is 45.7 Å². The summed E-state index contributed by atoms with van der Waals surface area (Å²) in [5.74, 6) is 0. The molecule has 22 heavy (non-hydrogen) atoms. The van der Waals surface area contributed by atoms with E-state index >= 15 is 0 Å². The molecule has 1 aromatic rings. The van der Waals surface area contributed by atoms with Crippen LogP contribution < -0.4 is 4.83 Å². The summed E-state index contributed by atoms with van der Waals surface area (Å²) in [6.45, 7) is 4.88. The number of aromatic nitrogens is 1. The first-order chi connectivity index (χ1) is 10.1. The summed E-state index contributed by atoms with van der Waals surface area (Å²) >= 11 is 0. The van der Waals surface area contributed by atoms with Gasteiger partial charge in [0.15, 0.2) is 0 Å². The Kier molecular flexibility index (Phi) is 4.18. The van der Waals surface area contributed by atoms with E-state index in [1.54, 1.807) is 45.2 Å². The topological polar surface area (TPSA) is 99.6 Å². The van der Waals surface area contributed by atoms with Gasteiger partial charge >= 0.3 is 6.09 Å². The van der Waals surface area contributed by atoms with Crippen molar-refractivity contribution < 1.29 is 18.3 Å². The lowest BCUT2D eigenvalue weighted by molar-refractivity contribution is 0.0853. The highest BCUT2D eigenvalue weighted by atomic mass is 32.2. The maximum atomic E-state index is 12.6. The van der Waals surface area contributed by atoms with Crippen molar-refractivity contribution in [2.45, 2.75) is 50.3 Å². The Labute approximate surface area is 130 Å². The van der Waals surface area contributed by atoms with Gasteiger partial charge in [0.05, 0.1) is 10.3 Å². The number of hydrogen-bond acceptors (Lipinski definition) is 4. The van der Waals surface area contributed by atoms with Crippen molar-refractivity contribution in [1.82, 2.24) is 14.8 Å². The van der Waals surface area contributed by atoms with Crippen molar-refractivity contribution in [3.05, 3.63) is 30.1 Å². The maximum absolute atomic E-state index is 12.6. The van der Waals surface area contributed by atoms with Gasteiger partial charge in [-0.15, -0.1) is 4.83 Å². The zero-order valence-corrected chi connectivity index (χ0v) is 13.7. The van der Waals surface area contributed by atoms with Crippen LogP contribution in [0.2, 0.25) is 0 Å². The third-order valence-corrected chi connectivity index (χ3v) is 5.80. The predicted octanol–water partition coefficient (Wildman–Crippen LogP) is 1.77. The van der Waals surface area contributed by atoms with Gasteiger partial charge in [0.25, 0.3) is 0 Å². The molecule has 122 valence electrons. The van der Waals surface area contributed by atoms with Crippen molar-refractivity contribution in [2.75, 3.05) is 0 Å². The Morgan fingerprint density at radius 2 is 2.05 bits per heavy atom. The molecule has 1 aliphatic carbocycles. The average Bonchev–Trinajstić information content (AvgIpc) is 3.17. The van der Waals surface area contributed by atoms with E-state index in [0.29, 0.717) is 18.5 Å². The molecule has 0 aromatic carbocycles. The predicted molar refractivity (Wildman–Crippen MR) is 81.6 cm³/mol. The van der Waals surface area contributed by atoms with Gasteiger partial charge in [0, 0.05) is 18.3 Å². The number of nitrogens with one attached hydrogen (secondary N) is 1. The highest BCUT2D eigenvalue weighted by molar-refractivity contribution is 7.91. The molecule has 1 fully saturated rings. The second-order valence-corrected chi connectivity index (χ2v) is 8.62. The van der Waals surface area contributed by atoms with Crippen LogP contribution in [0.15, 0.2) is 24.4 Å². The first kappa shape index (κ1) is 16.7. The normalized spacial score (nSPS) is 17.0. The van der Waals surface area contributed by atoms with Gasteiger partial charge in [0.2, 0.25) is 10.0 Å². The zero-order chi connectivity index (χ0) is 16.6. The lowest BCUT2D eigenvalue weighted by atomic mass is 10.1. The summed E-state index contributed by atoms with van der Waals surface area (Å²) < 4.78 is 24.3. The van der Waals surface area contributed by atoms with Gasteiger partial charge in [-0.1, -0.05) is 6.07 Å². The molecular formula is C14H21N3O4S. The minimum Gasteiger partial charge on any atom is -0.464 e. The molecule has 0 saturated heterocycles. The molecule has 8 heteroatoms. The molecule has 2 N–H and O–H groups in total. The fraction of sp³-hybridized carbons (Fsp3) is 0.571. The quantitative estimate of drug-likeness (QED) is 0.803. The smallest absolute Gasteiger partial charge is 0.423 e. The standard InChI is InChI=1S/C14H21N3O4S/c1-13(2,3)17(12(18)19)16-22(20,21)14(7-8-14)10-11-6-4-5-9-15-11/h4-6,9,16H,7-8,10H2,1-3H3,(H,18,19). The van der Waals surface area contributed by atoms with E-state index < -0.39 is 26.4 Å². The third-order valence-electron chi connectivity index (χ3n) is 3.68. The van der Waals surface area contributed by atoms with Crippen LogP contribution in [-0.4, -0.2) is 39.9 Å². The number of carbonyl (C=O) groups is 1. The summed E-state index contributed by atoms with van der Waals surface area (Å²) in [7, 11) is -3.82. The lowest BCUT2D eigenvalue weighted by Crippen LogP contribution is -2.57. The molecule has 1 heterocycles. The minimum absolute atomic E-state index is 0.279. The van der Waals surface area contributed by atoms with Crippen molar-refractivity contribution in [3.8, 4) is 0 Å². The van der Waals surface area contributed by atoms with E-state index in [0.717, 1.165) is 5.01 Å². The number of pyridine rings is 1. The van der Waals surface area contributed by atoms with E-state index in [-0.39, 0.29) is 6.42 Å². The first-order valence-corrected chi connectivity index (χ1v) is 8.51. The van der Waals surface area contributed by atoms with Gasteiger partial charge in [-0.25, -0.2) is 18.2 Å². The zero-order valence-electron chi connectivity index (χ0n) is 12.9. The number of rotatable bonds is 5. The Balaban J connectivity index is 2.21. The van der Waals surface area contributed by atoms with Crippen LogP contribution in [0.4, 0.5) is 4.79 Å². The van der Waals surface area contributed by atoms with E-state index in [1.165, 1.54) is 0 Å². The summed E-state index contributed by atoms with van der Waals surface area (Å²) in [4.78, 5) is 17.7. The second kappa shape index (κ2) is 5.51. The highest BCUT2D eigenvalue weighted by Crippen LogP contribution is 2.45. The van der Waals surface area contributed by atoms with Gasteiger partial charge in [-0.2, -0.15) is 0 Å². The number of hydrazine groups is 1. The fourth-order valence-electron chi connectivity index (χ4n) is 2.19. The fourth-order valence-corrected chi connectivity index (χ4v) is 3.96. The Hall–Kier alpha value is -1.67. The van der Waals surface area contributed by atoms with Gasteiger partial charge in [0.1, 0.15) is 0 Å². The average molecular weight is 327 g/mol. The molecule has 0 radical (unpaired) electrons. The van der Waals surface area contributed by atoms with Crippen LogP contribution in [0.25, 0.3) is 0 Å². The largest absolute Gasteiger partial charge is 0.464 e. The van der Waals surface area contributed by atoms with Crippen LogP contribution in [0, 0.1) is 0 Å². The molecule has 0 bridgehead atoms. The van der Waals surface area contributed by atoms with Crippen LogP contribution in [0.1, 0.15) is 39.3 Å². The summed E-state index contributed by atoms with van der Waals surface area (Å²) in [6.07, 6.45) is 1.56. The maximum Gasteiger partial charge on any atom is 0.423 e. The van der Waals surface area contributed by atoms with Crippen molar-refractivity contribution in [2.24, 2.45) is 0 Å². The van der Waals surface area contributed by atoms with Gasteiger partial charge in [-0.3, -0.25) is 4.98 Å². The molecule has 1 aromatic heterocycles. The number of carboxylic acid groups (broad SMARTS) is 1. The molecule has 0 aliphatic heterocycles. The number of amides is 1. The minimum atomic E-state index is -3.82. The Bertz CT molecular complexity index is 648. The van der Waals surface area contributed by atoms with Crippen LogP contribution in [0.5, 0.6) is 0 Å². The lowest BCUT2D eigenvalue weighted by Gasteiger charge is -2.34. The van der Waals surface area contributed by atoms with Crippen LogP contribution >= 0.6 is 0 Å². The Morgan fingerprint density at radius 1 is 1.41 bits per heavy atom. The van der Waals surface area contributed by atoms with Crippen LogP contribution in [-0.2, 0) is 16.4 Å². The number of nitrogens with zero attached hydrogens (tertiary/aromatic N) is 2. The van der Waals surface area contributed by atoms with E-state index in [2.05, 4.69) is 9.82 Å². The van der Waals surface area contributed by atoms with Crippen molar-refractivity contribution >= 4 is 16.1 Å². The molecule has 7 nitrogen and oxygen atoms in total. The summed E-state index contributed by atoms with van der Waals surface area (Å²) in [6, 6.07) is 5.34. The molecular weight excluding hydrogens is 306 g/mol. The third kappa shape index (κ3) is 3.38. The van der Waals surface area contributed by atoms with Crippen LogP contribution in [0.3, 0.4) is 0 Å². The van der Waals surface area contributed by atoms with E-state index in [4.69, 9.17) is 0 Å². The number of hydrogen-bond donors (Lipinski definition) is 2. The Morgan fingerprint density at radius 3 is 2.45 bits per heavy atom. The first-order valence-electron chi connectivity index (χ1n) is 7.02. The number of sulfonamides is 1. The summed E-state index contributed by atoms with van der Waals surface area (Å²) in [5.41, 5.74) is -0.192. The van der Waals surface area contributed by atoms with Crippen molar-refractivity contribution in [1.29, 1.82) is 0 Å². The van der Waals surface area contributed by atoms with E-state index in [1.807, 2.05) is 0 Å². The summed E-state index contributed by atoms with van der Waals surface area (Å²) in [5, 5.41) is 9.97. The molecule has 1 saturated carbocycles. The molecule has 1 amide bonds. The monoisotopic (exact) mass is 327 g/mol. The molecule has 0 atom stereocenters. The molecule has 2 rings (SSSR count). The SMILES string of the molecule is CC(C)(C)N(NS(=O)(=O)C1(Cc2ccccn2)CC1)C(=O)O. The van der Waals surface area contributed by atoms with Gasteiger partial charge < -0.3 is 5.11 Å². The van der Waals surface area contributed by atoms with Crippen molar-refractivity contribution in [3.63, 3.8) is 0 Å². The molecule has 1 aliphatic rings. The highest BCUT2D eigenvalue weighted by Gasteiger charge is 2.56. The molecule has 0 unspecified atom stereocenters. The van der Waals surface area contributed by atoms with E-state index in [9.17, 15) is 18.3 Å².